The molecule has 6 atom stereocenters. The normalized spacial score (nSPS) is 33.8. The zero-order valence-corrected chi connectivity index (χ0v) is 13.0. The van der Waals surface area contributed by atoms with Gasteiger partial charge in [0, 0.05) is 6.54 Å². The maximum atomic E-state index is 9.78. The fourth-order valence-electron chi connectivity index (χ4n) is 2.24. The van der Waals surface area contributed by atoms with Gasteiger partial charge in [0.05, 0.1) is 19.3 Å². The van der Waals surface area contributed by atoms with Crippen molar-refractivity contribution in [1.82, 2.24) is 5.32 Å². The van der Waals surface area contributed by atoms with Gasteiger partial charge in [0.2, 0.25) is 0 Å². The van der Waals surface area contributed by atoms with E-state index < -0.39 is 43.4 Å². The zero-order valence-electron chi connectivity index (χ0n) is 13.0. The third-order valence-electron chi connectivity index (χ3n) is 3.64. The summed E-state index contributed by atoms with van der Waals surface area (Å²) < 4.78 is 10.4. The fourth-order valence-corrected chi connectivity index (χ4v) is 2.24. The molecule has 1 fully saturated rings. The van der Waals surface area contributed by atoms with Gasteiger partial charge in [-0.05, 0) is 13.0 Å². The first-order chi connectivity index (χ1) is 10.5. The topological polar surface area (TPSA) is 132 Å². The Morgan fingerprint density at radius 2 is 1.86 bits per heavy atom. The van der Waals surface area contributed by atoms with Crippen molar-refractivity contribution in [3.63, 3.8) is 0 Å². The minimum atomic E-state index is -1.47. The largest absolute Gasteiger partial charge is 0.394 e. The van der Waals surface area contributed by atoms with Gasteiger partial charge in [0.25, 0.3) is 0 Å². The van der Waals surface area contributed by atoms with Crippen LogP contribution in [0.15, 0.2) is 0 Å². The molecule has 6 N–H and O–H groups in total. The first-order valence-corrected chi connectivity index (χ1v) is 7.82. The standard InChI is InChI=1S/C14H29NO7/c1-2-3-4-5-15-6-9(17)8-21-14-13(20)12(19)11(18)10(7-16)22-14/h9-20H,2-8H2,1H3/t9?,10-,11+,12+,13-,14+/m1/s1. The highest BCUT2D eigenvalue weighted by Crippen LogP contribution is 2.21. The second-order valence-electron chi connectivity index (χ2n) is 5.60. The minimum absolute atomic E-state index is 0.0938. The second kappa shape index (κ2) is 10.5. The number of ether oxygens (including phenoxy) is 2. The number of hydrogen-bond acceptors (Lipinski definition) is 8. The molecule has 1 saturated heterocycles. The van der Waals surface area contributed by atoms with E-state index in [0.29, 0.717) is 6.54 Å². The van der Waals surface area contributed by atoms with E-state index in [9.17, 15) is 20.4 Å². The van der Waals surface area contributed by atoms with Crippen molar-refractivity contribution in [1.29, 1.82) is 0 Å². The van der Waals surface area contributed by atoms with Gasteiger partial charge in [0.1, 0.15) is 24.4 Å². The molecule has 0 aliphatic carbocycles. The monoisotopic (exact) mass is 323 g/mol. The van der Waals surface area contributed by atoms with Gasteiger partial charge < -0.3 is 40.3 Å². The van der Waals surface area contributed by atoms with Crippen molar-refractivity contribution in [3.05, 3.63) is 0 Å². The lowest BCUT2D eigenvalue weighted by Crippen LogP contribution is -2.59. The zero-order chi connectivity index (χ0) is 16.5. The summed E-state index contributed by atoms with van der Waals surface area (Å²) >= 11 is 0. The maximum Gasteiger partial charge on any atom is 0.186 e. The molecule has 1 unspecified atom stereocenters. The van der Waals surface area contributed by atoms with E-state index in [2.05, 4.69) is 12.2 Å². The summed E-state index contributed by atoms with van der Waals surface area (Å²) in [4.78, 5) is 0. The molecule has 0 bridgehead atoms. The number of aliphatic hydroxyl groups is 5. The van der Waals surface area contributed by atoms with Crippen molar-refractivity contribution in [2.24, 2.45) is 0 Å². The van der Waals surface area contributed by atoms with Gasteiger partial charge in [0.15, 0.2) is 6.29 Å². The lowest BCUT2D eigenvalue weighted by atomic mass is 9.99. The second-order valence-corrected chi connectivity index (χ2v) is 5.60. The molecule has 22 heavy (non-hydrogen) atoms. The van der Waals surface area contributed by atoms with E-state index in [4.69, 9.17) is 14.6 Å². The Morgan fingerprint density at radius 3 is 2.50 bits per heavy atom. The molecule has 0 spiro atoms. The molecule has 1 aliphatic rings. The lowest BCUT2D eigenvalue weighted by molar-refractivity contribution is -0.304. The van der Waals surface area contributed by atoms with Crippen LogP contribution in [0.25, 0.3) is 0 Å². The summed E-state index contributed by atoms with van der Waals surface area (Å²) in [5, 5.41) is 50.9. The molecule has 0 aromatic heterocycles. The molecule has 0 radical (unpaired) electrons. The van der Waals surface area contributed by atoms with Crippen LogP contribution in [0.4, 0.5) is 0 Å². The van der Waals surface area contributed by atoms with Crippen LogP contribution in [0.1, 0.15) is 26.2 Å². The van der Waals surface area contributed by atoms with Gasteiger partial charge in [-0.3, -0.25) is 0 Å². The van der Waals surface area contributed by atoms with Crippen molar-refractivity contribution in [2.45, 2.75) is 63.0 Å². The highest BCUT2D eigenvalue weighted by Gasteiger charge is 2.44. The summed E-state index contributed by atoms with van der Waals surface area (Å²) in [7, 11) is 0. The van der Waals surface area contributed by atoms with Crippen LogP contribution in [0.3, 0.4) is 0 Å². The lowest BCUT2D eigenvalue weighted by Gasteiger charge is -2.39. The highest BCUT2D eigenvalue weighted by molar-refractivity contribution is 4.88. The van der Waals surface area contributed by atoms with E-state index in [1.165, 1.54) is 0 Å². The molecule has 8 heteroatoms. The smallest absolute Gasteiger partial charge is 0.186 e. The predicted molar refractivity (Wildman–Crippen MR) is 78.1 cm³/mol. The molecule has 0 saturated carbocycles. The van der Waals surface area contributed by atoms with Crippen LogP contribution in [-0.2, 0) is 9.47 Å². The Balaban J connectivity index is 2.27. The van der Waals surface area contributed by atoms with Gasteiger partial charge >= 0.3 is 0 Å². The SMILES string of the molecule is CCCCCNCC(O)CO[C@H]1O[C@H](CO)[C@H](O)[C@H](O)[C@H]1O. The molecule has 1 heterocycles. The van der Waals surface area contributed by atoms with Gasteiger partial charge in [-0.15, -0.1) is 0 Å². The highest BCUT2D eigenvalue weighted by atomic mass is 16.7. The van der Waals surface area contributed by atoms with E-state index in [0.717, 1.165) is 25.8 Å². The summed E-state index contributed by atoms with van der Waals surface area (Å²) in [6, 6.07) is 0. The Bertz CT molecular complexity index is 292. The number of unbranched alkanes of at least 4 members (excludes halogenated alkanes) is 2. The number of hydrogen-bond donors (Lipinski definition) is 6. The van der Waals surface area contributed by atoms with Crippen molar-refractivity contribution >= 4 is 0 Å². The van der Waals surface area contributed by atoms with Crippen molar-refractivity contribution in [3.8, 4) is 0 Å². The van der Waals surface area contributed by atoms with Gasteiger partial charge in [-0.2, -0.15) is 0 Å². The molecule has 0 aromatic rings. The first kappa shape index (κ1) is 19.7. The number of nitrogens with one attached hydrogen (secondary N) is 1. The molecule has 132 valence electrons. The third-order valence-corrected chi connectivity index (χ3v) is 3.64. The van der Waals surface area contributed by atoms with Gasteiger partial charge in [-0.1, -0.05) is 19.8 Å². The average Bonchev–Trinajstić information content (AvgIpc) is 2.52. The predicted octanol–water partition coefficient (Wildman–Crippen LogP) is -2.06. The van der Waals surface area contributed by atoms with E-state index in [1.807, 2.05) is 0 Å². The Kier molecular flexibility index (Phi) is 9.37. The van der Waals surface area contributed by atoms with Crippen molar-refractivity contribution in [2.75, 3.05) is 26.3 Å². The third kappa shape index (κ3) is 6.05. The maximum absolute atomic E-state index is 9.78. The quantitative estimate of drug-likeness (QED) is 0.253. The van der Waals surface area contributed by atoms with Crippen molar-refractivity contribution < 1.29 is 35.0 Å². The molecule has 1 rings (SSSR count). The van der Waals surface area contributed by atoms with E-state index in [1.54, 1.807) is 0 Å². The molecule has 1 aliphatic heterocycles. The Hall–Kier alpha value is -0.320. The van der Waals surface area contributed by atoms with Crippen LogP contribution in [0, 0.1) is 0 Å². The number of aliphatic hydroxyl groups excluding tert-OH is 5. The fraction of sp³-hybridized carbons (Fsp3) is 1.00. The molecule has 8 nitrogen and oxygen atoms in total. The van der Waals surface area contributed by atoms with Crippen LogP contribution in [-0.4, -0.2) is 88.6 Å². The van der Waals surface area contributed by atoms with E-state index >= 15 is 0 Å². The van der Waals surface area contributed by atoms with Crippen LogP contribution in [0.5, 0.6) is 0 Å². The summed E-state index contributed by atoms with van der Waals surface area (Å²) in [6.45, 7) is 2.67. The summed E-state index contributed by atoms with van der Waals surface area (Å²) in [5.74, 6) is 0. The van der Waals surface area contributed by atoms with Crippen LogP contribution < -0.4 is 5.32 Å². The average molecular weight is 323 g/mol. The Morgan fingerprint density at radius 1 is 1.14 bits per heavy atom. The molecular formula is C14H29NO7. The summed E-state index contributed by atoms with van der Waals surface area (Å²) in [6.07, 6.45) is -4.02. The van der Waals surface area contributed by atoms with Crippen LogP contribution >= 0.6 is 0 Å². The Labute approximate surface area is 130 Å². The minimum Gasteiger partial charge on any atom is -0.394 e. The first-order valence-electron chi connectivity index (χ1n) is 7.82. The molecule has 0 amide bonds. The molecule has 0 aromatic carbocycles. The van der Waals surface area contributed by atoms with Gasteiger partial charge in [-0.25, -0.2) is 0 Å². The summed E-state index contributed by atoms with van der Waals surface area (Å²) in [5.41, 5.74) is 0. The number of rotatable bonds is 10. The van der Waals surface area contributed by atoms with E-state index in [-0.39, 0.29) is 6.61 Å². The van der Waals surface area contributed by atoms with Crippen LogP contribution in [0.2, 0.25) is 0 Å². The molecular weight excluding hydrogens is 294 g/mol.